The van der Waals surface area contributed by atoms with E-state index in [4.69, 9.17) is 14.2 Å². The van der Waals surface area contributed by atoms with E-state index in [0.717, 1.165) is 103 Å². The SMILES string of the molecule is CC/C=C\C/C=C\C/C=C\C/C=C\CCCCCCCCC(=O)OCC(COC(=O)CCCCCCC/C=C\CCCCC)OC(=O)CC/C=C\C/C=C\CCCCCCCC. The summed E-state index contributed by atoms with van der Waals surface area (Å²) in [5, 5.41) is 0. The van der Waals surface area contributed by atoms with Gasteiger partial charge < -0.3 is 14.2 Å². The number of unbranched alkanes of at least 4 members (excludes halogenated alkanes) is 20. The van der Waals surface area contributed by atoms with Crippen LogP contribution in [-0.4, -0.2) is 37.2 Å². The first kappa shape index (κ1) is 58.6. The van der Waals surface area contributed by atoms with Crippen LogP contribution in [0.1, 0.15) is 233 Å². The summed E-state index contributed by atoms with van der Waals surface area (Å²) in [5.41, 5.74) is 0. The molecule has 0 aromatic carbocycles. The van der Waals surface area contributed by atoms with Gasteiger partial charge in [0.1, 0.15) is 13.2 Å². The Labute approximate surface area is 382 Å². The topological polar surface area (TPSA) is 78.9 Å². The highest BCUT2D eigenvalue weighted by Gasteiger charge is 2.19. The van der Waals surface area contributed by atoms with E-state index >= 15 is 0 Å². The van der Waals surface area contributed by atoms with Crippen LogP contribution >= 0.6 is 0 Å². The van der Waals surface area contributed by atoms with Crippen molar-refractivity contribution >= 4 is 17.9 Å². The Bertz CT molecular complexity index is 1220. The minimum absolute atomic E-state index is 0.109. The van der Waals surface area contributed by atoms with Gasteiger partial charge in [-0.3, -0.25) is 14.4 Å². The number of allylic oxidation sites excluding steroid dienone is 14. The second-order valence-electron chi connectivity index (χ2n) is 16.7. The van der Waals surface area contributed by atoms with Gasteiger partial charge in [0.2, 0.25) is 0 Å². The van der Waals surface area contributed by atoms with Crippen LogP contribution in [-0.2, 0) is 28.6 Å². The lowest BCUT2D eigenvalue weighted by atomic mass is 10.1. The highest BCUT2D eigenvalue weighted by molar-refractivity contribution is 5.71. The molecule has 0 saturated carbocycles. The Morgan fingerprint density at radius 3 is 1.10 bits per heavy atom. The van der Waals surface area contributed by atoms with Gasteiger partial charge in [-0.2, -0.15) is 0 Å². The van der Waals surface area contributed by atoms with Crippen molar-refractivity contribution in [3.8, 4) is 0 Å². The molecule has 0 amide bonds. The summed E-state index contributed by atoms with van der Waals surface area (Å²) < 4.78 is 16.7. The van der Waals surface area contributed by atoms with Crippen molar-refractivity contribution in [1.82, 2.24) is 0 Å². The zero-order valence-electron chi connectivity index (χ0n) is 40.4. The number of hydrogen-bond donors (Lipinski definition) is 0. The number of esters is 3. The molecular formula is C56H94O6. The maximum atomic E-state index is 12.7. The summed E-state index contributed by atoms with van der Waals surface area (Å²) in [6.45, 7) is 6.41. The van der Waals surface area contributed by atoms with Crippen molar-refractivity contribution in [2.45, 2.75) is 239 Å². The Morgan fingerprint density at radius 1 is 0.339 bits per heavy atom. The van der Waals surface area contributed by atoms with Gasteiger partial charge in [-0.1, -0.05) is 196 Å². The lowest BCUT2D eigenvalue weighted by molar-refractivity contribution is -0.166. The average molecular weight is 863 g/mol. The second kappa shape index (κ2) is 50.2. The summed E-state index contributed by atoms with van der Waals surface area (Å²) in [6, 6.07) is 0. The molecule has 0 bridgehead atoms. The Morgan fingerprint density at radius 2 is 0.661 bits per heavy atom. The van der Waals surface area contributed by atoms with Gasteiger partial charge in [-0.15, -0.1) is 0 Å². The molecule has 0 heterocycles. The van der Waals surface area contributed by atoms with Crippen LogP contribution in [0.5, 0.6) is 0 Å². The fourth-order valence-electron chi connectivity index (χ4n) is 6.77. The third kappa shape index (κ3) is 47.6. The molecule has 0 aliphatic heterocycles. The summed E-state index contributed by atoms with van der Waals surface area (Å²) in [7, 11) is 0. The van der Waals surface area contributed by atoms with Gasteiger partial charge in [-0.05, 0) is 103 Å². The maximum absolute atomic E-state index is 12.7. The molecular weight excluding hydrogens is 769 g/mol. The molecule has 0 aromatic heterocycles. The third-order valence-corrected chi connectivity index (χ3v) is 10.6. The smallest absolute Gasteiger partial charge is 0.306 e. The van der Waals surface area contributed by atoms with Crippen LogP contribution in [0.2, 0.25) is 0 Å². The van der Waals surface area contributed by atoms with Crippen molar-refractivity contribution in [2.24, 2.45) is 0 Å². The first-order valence-corrected chi connectivity index (χ1v) is 25.6. The monoisotopic (exact) mass is 863 g/mol. The molecule has 0 rings (SSSR count). The lowest BCUT2D eigenvalue weighted by Gasteiger charge is -2.18. The zero-order valence-corrected chi connectivity index (χ0v) is 40.4. The minimum Gasteiger partial charge on any atom is -0.462 e. The summed E-state index contributed by atoms with van der Waals surface area (Å²) in [5.74, 6) is -1.00. The van der Waals surface area contributed by atoms with Crippen LogP contribution < -0.4 is 0 Å². The largest absolute Gasteiger partial charge is 0.462 e. The van der Waals surface area contributed by atoms with E-state index in [1.165, 1.54) is 83.5 Å². The van der Waals surface area contributed by atoms with E-state index in [0.29, 0.717) is 19.3 Å². The summed E-state index contributed by atoms with van der Waals surface area (Å²) in [4.78, 5) is 37.9. The fourth-order valence-corrected chi connectivity index (χ4v) is 6.77. The molecule has 0 spiro atoms. The summed E-state index contributed by atoms with van der Waals surface area (Å²) >= 11 is 0. The minimum atomic E-state index is -0.815. The van der Waals surface area contributed by atoms with E-state index in [-0.39, 0.29) is 37.5 Å². The molecule has 6 heteroatoms. The molecule has 6 nitrogen and oxygen atoms in total. The van der Waals surface area contributed by atoms with Crippen molar-refractivity contribution in [3.05, 3.63) is 85.1 Å². The predicted molar refractivity (Wildman–Crippen MR) is 265 cm³/mol. The standard InChI is InChI=1S/C56H94O6/c1-4-7-10-13-16-19-22-25-26-27-28-29-30-32-34-37-40-43-46-49-55(58)61-52-53(51-60-54(57)48-45-42-39-36-33-24-21-18-15-12-9-6-3)62-56(59)50-47-44-41-38-35-31-23-20-17-14-11-8-5-2/h7,10,16,18-19,21,25-26,28-29,31,35,41,44,53H,4-6,8-9,11-15,17,20,22-24,27,30,32-34,36-40,42-43,45-52H2,1-3H3/b10-7-,19-16-,21-18-,26-25-,29-28-,35-31-,44-41-. The second-order valence-corrected chi connectivity index (χ2v) is 16.7. The van der Waals surface area contributed by atoms with Crippen LogP contribution in [0, 0.1) is 0 Å². The van der Waals surface area contributed by atoms with Gasteiger partial charge in [0, 0.05) is 19.3 Å². The van der Waals surface area contributed by atoms with Crippen LogP contribution in [0.15, 0.2) is 85.1 Å². The van der Waals surface area contributed by atoms with Crippen molar-refractivity contribution in [2.75, 3.05) is 13.2 Å². The van der Waals surface area contributed by atoms with Crippen molar-refractivity contribution < 1.29 is 28.6 Å². The van der Waals surface area contributed by atoms with E-state index in [1.54, 1.807) is 0 Å². The maximum Gasteiger partial charge on any atom is 0.306 e. The van der Waals surface area contributed by atoms with Crippen molar-refractivity contribution in [3.63, 3.8) is 0 Å². The van der Waals surface area contributed by atoms with E-state index in [1.807, 2.05) is 6.08 Å². The molecule has 0 N–H and O–H groups in total. The number of rotatable bonds is 45. The number of hydrogen-bond acceptors (Lipinski definition) is 6. The lowest BCUT2D eigenvalue weighted by Crippen LogP contribution is -2.30. The predicted octanol–water partition coefficient (Wildman–Crippen LogP) is 16.8. The molecule has 0 saturated heterocycles. The number of carbonyl (C=O) groups excluding carboxylic acids is 3. The molecule has 0 aromatic rings. The molecule has 0 radical (unpaired) electrons. The van der Waals surface area contributed by atoms with Gasteiger partial charge >= 0.3 is 17.9 Å². The van der Waals surface area contributed by atoms with Crippen LogP contribution in [0.25, 0.3) is 0 Å². The molecule has 354 valence electrons. The molecule has 0 aliphatic carbocycles. The third-order valence-electron chi connectivity index (χ3n) is 10.6. The molecule has 0 fully saturated rings. The van der Waals surface area contributed by atoms with E-state index < -0.39 is 6.10 Å². The highest BCUT2D eigenvalue weighted by atomic mass is 16.6. The molecule has 1 atom stereocenters. The first-order chi connectivity index (χ1) is 30.5. The first-order valence-electron chi connectivity index (χ1n) is 25.6. The molecule has 1 unspecified atom stereocenters. The Kier molecular flexibility index (Phi) is 47.5. The van der Waals surface area contributed by atoms with Crippen LogP contribution in [0.4, 0.5) is 0 Å². The number of ether oxygens (including phenoxy) is 3. The van der Waals surface area contributed by atoms with Gasteiger partial charge in [0.05, 0.1) is 0 Å². The molecule has 62 heavy (non-hydrogen) atoms. The highest BCUT2D eigenvalue weighted by Crippen LogP contribution is 2.13. The fraction of sp³-hybridized carbons (Fsp3) is 0.696. The normalized spacial score (nSPS) is 12.8. The number of carbonyl (C=O) groups is 3. The van der Waals surface area contributed by atoms with Gasteiger partial charge in [-0.25, -0.2) is 0 Å². The van der Waals surface area contributed by atoms with Gasteiger partial charge in [0.25, 0.3) is 0 Å². The van der Waals surface area contributed by atoms with Crippen molar-refractivity contribution in [1.29, 1.82) is 0 Å². The van der Waals surface area contributed by atoms with E-state index in [9.17, 15) is 14.4 Å². The van der Waals surface area contributed by atoms with Gasteiger partial charge in [0.15, 0.2) is 6.10 Å². The Balaban J connectivity index is 4.45. The summed E-state index contributed by atoms with van der Waals surface area (Å²) in [6.07, 6.45) is 64.3. The average Bonchev–Trinajstić information content (AvgIpc) is 3.27. The van der Waals surface area contributed by atoms with E-state index in [2.05, 4.69) is 99.8 Å². The Hall–Kier alpha value is -3.41. The quantitative estimate of drug-likeness (QED) is 0.0263. The zero-order chi connectivity index (χ0) is 45.1. The van der Waals surface area contributed by atoms with Crippen LogP contribution in [0.3, 0.4) is 0 Å². The molecule has 0 aliphatic rings.